The van der Waals surface area contributed by atoms with E-state index in [1.807, 2.05) is 37.3 Å². The summed E-state index contributed by atoms with van der Waals surface area (Å²) in [4.78, 5) is 0. The third kappa shape index (κ3) is 4.62. The second-order valence-electron chi connectivity index (χ2n) is 10.6. The molecule has 2 aliphatic heterocycles. The van der Waals surface area contributed by atoms with Crippen molar-refractivity contribution in [2.45, 2.75) is 37.6 Å². The number of nitrogens with zero attached hydrogens (tertiary/aromatic N) is 5. The molecule has 0 spiro atoms. The van der Waals surface area contributed by atoms with Crippen LogP contribution < -0.4 is 0 Å². The van der Waals surface area contributed by atoms with Crippen molar-refractivity contribution in [3.8, 4) is 5.69 Å². The Hall–Kier alpha value is -3.27. The van der Waals surface area contributed by atoms with Crippen LogP contribution in [0.2, 0.25) is 5.02 Å². The van der Waals surface area contributed by atoms with Gasteiger partial charge in [0.2, 0.25) is 0 Å². The second-order valence-corrected chi connectivity index (χ2v) is 12.9. The Kier molecular flexibility index (Phi) is 6.48. The number of hydrogen-bond acceptors (Lipinski definition) is 5. The maximum Gasteiger partial charge on any atom is 0.258 e. The number of rotatable bonds is 5. The van der Waals surface area contributed by atoms with Crippen molar-refractivity contribution in [2.75, 3.05) is 20.1 Å². The molecule has 0 amide bonds. The predicted octanol–water partition coefficient (Wildman–Crippen LogP) is 5.37. The van der Waals surface area contributed by atoms with Gasteiger partial charge < -0.3 is 0 Å². The van der Waals surface area contributed by atoms with Crippen LogP contribution in [-0.2, 0) is 21.9 Å². The maximum absolute atomic E-state index is 13.7. The normalized spacial score (nSPS) is 22.1. The van der Waals surface area contributed by atoms with Gasteiger partial charge in [-0.15, -0.1) is 0 Å². The molecule has 1 saturated heterocycles. The number of sulfonamides is 1. The maximum atomic E-state index is 13.7. The monoisotopic (exact) mass is 565 g/mol. The van der Waals surface area contributed by atoms with Crippen molar-refractivity contribution >= 4 is 37.6 Å². The zero-order chi connectivity index (χ0) is 27.4. The van der Waals surface area contributed by atoms with Gasteiger partial charge in [-0.3, -0.25) is 5.01 Å². The van der Waals surface area contributed by atoms with Crippen LogP contribution in [0, 0.1) is 5.82 Å². The Morgan fingerprint density at radius 1 is 1.10 bits per heavy atom. The van der Waals surface area contributed by atoms with Gasteiger partial charge in [-0.25, -0.2) is 17.5 Å². The molecule has 3 aromatic carbocycles. The van der Waals surface area contributed by atoms with Crippen LogP contribution in [0.15, 0.2) is 78.0 Å². The molecule has 2 unspecified atom stereocenters. The van der Waals surface area contributed by atoms with Gasteiger partial charge in [0.05, 0.1) is 23.4 Å². The quantitative estimate of drug-likeness (QED) is 0.326. The highest BCUT2D eigenvalue weighted by Gasteiger charge is 2.47. The third-order valence-corrected chi connectivity index (χ3v) is 10.2. The van der Waals surface area contributed by atoms with Crippen LogP contribution in [0.3, 0.4) is 0 Å². The standard InChI is InChI=1S/C29H29ClFN5O2S/c1-20-14-28(33-34(20)2)39(37,38)35-13-12-29(19-35,17-21-6-4-3-5-7-21)25-15-22-18-32-36(27(22)16-26(25)30)24-10-8-23(31)9-11-24/h3-11,15-16,18,20H,12-14,17,19H2,1-2H3. The molecule has 0 aliphatic carbocycles. The summed E-state index contributed by atoms with van der Waals surface area (Å²) in [6.07, 6.45) is 3.43. The Morgan fingerprint density at radius 3 is 2.54 bits per heavy atom. The van der Waals surface area contributed by atoms with Gasteiger partial charge in [0.15, 0.2) is 5.04 Å². The molecule has 202 valence electrons. The first kappa shape index (κ1) is 26.0. The minimum absolute atomic E-state index is 0.0425. The van der Waals surface area contributed by atoms with E-state index in [1.54, 1.807) is 39.4 Å². The minimum Gasteiger partial charge on any atom is -0.296 e. The van der Waals surface area contributed by atoms with Gasteiger partial charge in [-0.05, 0) is 67.3 Å². The van der Waals surface area contributed by atoms with Gasteiger partial charge in [0.1, 0.15) is 5.82 Å². The summed E-state index contributed by atoms with van der Waals surface area (Å²) in [5.41, 5.74) is 3.00. The van der Waals surface area contributed by atoms with Crippen molar-refractivity contribution in [3.63, 3.8) is 0 Å². The first-order chi connectivity index (χ1) is 18.7. The van der Waals surface area contributed by atoms with E-state index in [0.29, 0.717) is 37.4 Å². The lowest BCUT2D eigenvalue weighted by molar-refractivity contribution is 0.303. The summed E-state index contributed by atoms with van der Waals surface area (Å²) in [5.74, 6) is -0.316. The summed E-state index contributed by atoms with van der Waals surface area (Å²) in [7, 11) is -1.91. The highest BCUT2D eigenvalue weighted by Crippen LogP contribution is 2.44. The van der Waals surface area contributed by atoms with Crippen molar-refractivity contribution in [3.05, 3.63) is 94.9 Å². The number of benzene rings is 3. The van der Waals surface area contributed by atoms with E-state index in [2.05, 4.69) is 22.3 Å². The minimum atomic E-state index is -3.71. The molecule has 0 N–H and O–H groups in total. The molecule has 2 atom stereocenters. The smallest absolute Gasteiger partial charge is 0.258 e. The SMILES string of the molecule is CC1CC(S(=O)(=O)N2CCC(Cc3ccccc3)(c3cc4cnn(-c5ccc(F)cc5)c4cc3Cl)C2)=NN1C. The zero-order valence-electron chi connectivity index (χ0n) is 21.8. The first-order valence-corrected chi connectivity index (χ1v) is 14.8. The number of halogens is 2. The van der Waals surface area contributed by atoms with E-state index in [-0.39, 0.29) is 16.9 Å². The molecule has 7 nitrogen and oxygen atoms in total. The van der Waals surface area contributed by atoms with Crippen LogP contribution in [0.5, 0.6) is 0 Å². The molecule has 2 aliphatic rings. The van der Waals surface area contributed by atoms with Crippen LogP contribution in [0.4, 0.5) is 4.39 Å². The summed E-state index contributed by atoms with van der Waals surface area (Å²) < 4.78 is 44.2. The first-order valence-electron chi connectivity index (χ1n) is 12.9. The molecule has 6 rings (SSSR count). The van der Waals surface area contributed by atoms with E-state index >= 15 is 0 Å². The van der Waals surface area contributed by atoms with Crippen LogP contribution in [-0.4, -0.2) is 58.7 Å². The third-order valence-electron chi connectivity index (χ3n) is 8.02. The van der Waals surface area contributed by atoms with Gasteiger partial charge >= 0.3 is 0 Å². The Labute approximate surface area is 232 Å². The molecule has 10 heteroatoms. The molecule has 0 bridgehead atoms. The molecule has 0 saturated carbocycles. The second kappa shape index (κ2) is 9.73. The van der Waals surface area contributed by atoms with Crippen molar-refractivity contribution in [1.29, 1.82) is 0 Å². The highest BCUT2D eigenvalue weighted by atomic mass is 35.5. The van der Waals surface area contributed by atoms with Gasteiger partial charge in [-0.1, -0.05) is 41.9 Å². The number of aromatic nitrogens is 2. The van der Waals surface area contributed by atoms with E-state index in [9.17, 15) is 12.8 Å². The van der Waals surface area contributed by atoms with Crippen LogP contribution in [0.25, 0.3) is 16.6 Å². The summed E-state index contributed by atoms with van der Waals surface area (Å²) in [6, 6.07) is 20.2. The zero-order valence-corrected chi connectivity index (χ0v) is 23.3. The van der Waals surface area contributed by atoms with E-state index in [4.69, 9.17) is 11.6 Å². The lowest BCUT2D eigenvalue weighted by Gasteiger charge is -2.31. The predicted molar refractivity (Wildman–Crippen MR) is 152 cm³/mol. The Morgan fingerprint density at radius 2 is 1.85 bits per heavy atom. The lowest BCUT2D eigenvalue weighted by atomic mass is 9.74. The van der Waals surface area contributed by atoms with Gasteiger partial charge in [0.25, 0.3) is 10.0 Å². The average molecular weight is 566 g/mol. The van der Waals surface area contributed by atoms with E-state index < -0.39 is 15.4 Å². The fourth-order valence-corrected chi connectivity index (χ4v) is 7.82. The number of hydrogen-bond donors (Lipinski definition) is 0. The lowest BCUT2D eigenvalue weighted by Crippen LogP contribution is -2.39. The largest absolute Gasteiger partial charge is 0.296 e. The highest BCUT2D eigenvalue weighted by molar-refractivity contribution is 8.04. The number of hydrazone groups is 1. The van der Waals surface area contributed by atoms with Crippen LogP contribution >= 0.6 is 11.6 Å². The number of fused-ring (bicyclic) bond motifs is 1. The molecule has 1 aromatic heterocycles. The molecular weight excluding hydrogens is 537 g/mol. The van der Waals surface area contributed by atoms with Gasteiger partial charge in [0, 0.05) is 42.4 Å². The molecule has 3 heterocycles. The molecule has 1 fully saturated rings. The molecule has 0 radical (unpaired) electrons. The average Bonchev–Trinajstić information content (AvgIpc) is 3.63. The van der Waals surface area contributed by atoms with Crippen LogP contribution in [0.1, 0.15) is 30.9 Å². The van der Waals surface area contributed by atoms with E-state index in [0.717, 1.165) is 27.7 Å². The summed E-state index contributed by atoms with van der Waals surface area (Å²) in [5, 5.41) is 12.2. The van der Waals surface area contributed by atoms with Crippen molar-refractivity contribution in [1.82, 2.24) is 19.1 Å². The molecule has 4 aromatic rings. The fourth-order valence-electron chi connectivity index (χ4n) is 5.73. The topological polar surface area (TPSA) is 70.8 Å². The Balaban J connectivity index is 1.42. The summed E-state index contributed by atoms with van der Waals surface area (Å²) in [6.45, 7) is 2.66. The molecular formula is C29H29ClFN5O2S. The van der Waals surface area contributed by atoms with Crippen molar-refractivity contribution < 1.29 is 12.8 Å². The summed E-state index contributed by atoms with van der Waals surface area (Å²) >= 11 is 7.01. The molecule has 39 heavy (non-hydrogen) atoms. The Bertz CT molecular complexity index is 1670. The van der Waals surface area contributed by atoms with Gasteiger partial charge in [-0.2, -0.15) is 14.5 Å². The van der Waals surface area contributed by atoms with E-state index in [1.165, 1.54) is 12.1 Å². The fraction of sp³-hybridized carbons (Fsp3) is 0.310. The van der Waals surface area contributed by atoms with Crippen molar-refractivity contribution in [2.24, 2.45) is 5.10 Å².